The first-order chi connectivity index (χ1) is 8.76. The first-order valence-corrected chi connectivity index (χ1v) is 5.66. The van der Waals surface area contributed by atoms with E-state index in [9.17, 15) is 9.50 Å². The number of hydrogen-bond donors (Lipinski definition) is 2. The molecule has 1 heterocycles. The third kappa shape index (κ3) is 2.55. The number of hydrogen-bond acceptors (Lipinski definition) is 4. The zero-order chi connectivity index (χ0) is 13.0. The van der Waals surface area contributed by atoms with Crippen LogP contribution < -0.4 is 0 Å². The van der Waals surface area contributed by atoms with E-state index in [0.717, 1.165) is 5.56 Å². The molecule has 0 aliphatic heterocycles. The Morgan fingerprint density at radius 2 is 1.89 bits per heavy atom. The Labute approximate surface area is 103 Å². The van der Waals surface area contributed by atoms with Crippen molar-refractivity contribution in [3.05, 3.63) is 35.8 Å². The predicted molar refractivity (Wildman–Crippen MR) is 63.0 cm³/mol. The van der Waals surface area contributed by atoms with Crippen molar-refractivity contribution in [3.8, 4) is 11.3 Å². The van der Waals surface area contributed by atoms with Crippen LogP contribution in [-0.2, 0) is 13.2 Å². The van der Waals surface area contributed by atoms with Crippen LogP contribution in [0.3, 0.4) is 0 Å². The largest absolute Gasteiger partial charge is 0.396 e. The second kappa shape index (κ2) is 5.70. The zero-order valence-corrected chi connectivity index (χ0v) is 9.75. The number of aromatic nitrogens is 3. The Bertz CT molecular complexity index is 511. The maximum atomic E-state index is 12.9. The minimum atomic E-state index is -0.321. The Kier molecular flexibility index (Phi) is 4.01. The molecular formula is C12H14FN3O2. The van der Waals surface area contributed by atoms with Crippen molar-refractivity contribution in [3.63, 3.8) is 0 Å². The molecule has 0 aliphatic carbocycles. The topological polar surface area (TPSA) is 71.2 Å². The highest BCUT2D eigenvalue weighted by Gasteiger charge is 2.13. The van der Waals surface area contributed by atoms with Gasteiger partial charge in [-0.05, 0) is 30.7 Å². The Morgan fingerprint density at radius 3 is 2.50 bits per heavy atom. The number of nitrogens with zero attached hydrogens (tertiary/aromatic N) is 3. The van der Waals surface area contributed by atoms with E-state index in [1.165, 1.54) is 12.1 Å². The van der Waals surface area contributed by atoms with Crippen molar-refractivity contribution in [2.75, 3.05) is 6.61 Å². The van der Waals surface area contributed by atoms with Crippen LogP contribution in [0.1, 0.15) is 12.1 Å². The molecule has 2 rings (SSSR count). The molecule has 0 unspecified atom stereocenters. The maximum absolute atomic E-state index is 12.9. The molecule has 0 atom stereocenters. The Balaban J connectivity index is 2.39. The van der Waals surface area contributed by atoms with Crippen molar-refractivity contribution < 1.29 is 14.6 Å². The molecule has 2 N–H and O–H groups in total. The monoisotopic (exact) mass is 251 g/mol. The first-order valence-electron chi connectivity index (χ1n) is 5.66. The van der Waals surface area contributed by atoms with Crippen molar-refractivity contribution in [1.82, 2.24) is 15.0 Å². The summed E-state index contributed by atoms with van der Waals surface area (Å²) in [5.74, 6) is -0.321. The van der Waals surface area contributed by atoms with Crippen LogP contribution in [0, 0.1) is 5.82 Å². The quantitative estimate of drug-likeness (QED) is 0.830. The van der Waals surface area contributed by atoms with Crippen LogP contribution in [0.25, 0.3) is 11.3 Å². The molecule has 18 heavy (non-hydrogen) atoms. The van der Waals surface area contributed by atoms with E-state index < -0.39 is 0 Å². The van der Waals surface area contributed by atoms with Gasteiger partial charge in [0.1, 0.15) is 11.5 Å². The molecule has 0 radical (unpaired) electrons. The van der Waals surface area contributed by atoms with Gasteiger partial charge in [-0.3, -0.25) is 0 Å². The fraction of sp³-hybridized carbons (Fsp3) is 0.333. The van der Waals surface area contributed by atoms with Crippen LogP contribution in [0.5, 0.6) is 0 Å². The van der Waals surface area contributed by atoms with Crippen LogP contribution in [0.2, 0.25) is 0 Å². The lowest BCUT2D eigenvalue weighted by Gasteiger charge is -2.07. The lowest BCUT2D eigenvalue weighted by molar-refractivity contribution is 0.276. The van der Waals surface area contributed by atoms with Crippen molar-refractivity contribution in [2.24, 2.45) is 0 Å². The van der Waals surface area contributed by atoms with Crippen LogP contribution in [-0.4, -0.2) is 31.8 Å². The SMILES string of the molecule is OCCCn1nnc(CO)c1-c1ccc(F)cc1. The minimum absolute atomic E-state index is 0.0528. The molecule has 0 aliphatic rings. The molecule has 0 amide bonds. The zero-order valence-electron chi connectivity index (χ0n) is 9.75. The van der Waals surface area contributed by atoms with Gasteiger partial charge in [-0.15, -0.1) is 5.10 Å². The number of halogens is 1. The number of aliphatic hydroxyl groups is 2. The molecule has 6 heteroatoms. The summed E-state index contributed by atoms with van der Waals surface area (Å²) in [6, 6.07) is 5.92. The average molecular weight is 251 g/mol. The number of aliphatic hydroxyl groups excluding tert-OH is 2. The average Bonchev–Trinajstić information content (AvgIpc) is 2.80. The summed E-state index contributed by atoms with van der Waals surface area (Å²) in [6.45, 7) is 0.319. The minimum Gasteiger partial charge on any atom is -0.396 e. The van der Waals surface area contributed by atoms with Gasteiger partial charge in [-0.2, -0.15) is 0 Å². The number of aryl methyl sites for hydroxylation is 1. The van der Waals surface area contributed by atoms with Crippen LogP contribution >= 0.6 is 0 Å². The van der Waals surface area contributed by atoms with E-state index in [1.807, 2.05) is 0 Å². The fourth-order valence-corrected chi connectivity index (χ4v) is 1.76. The molecule has 96 valence electrons. The van der Waals surface area contributed by atoms with Gasteiger partial charge in [0.15, 0.2) is 0 Å². The number of rotatable bonds is 5. The lowest BCUT2D eigenvalue weighted by atomic mass is 10.1. The van der Waals surface area contributed by atoms with E-state index in [4.69, 9.17) is 5.11 Å². The molecule has 0 saturated heterocycles. The van der Waals surface area contributed by atoms with Crippen LogP contribution in [0.4, 0.5) is 4.39 Å². The molecule has 0 bridgehead atoms. The van der Waals surface area contributed by atoms with Gasteiger partial charge in [0, 0.05) is 18.7 Å². The second-order valence-electron chi connectivity index (χ2n) is 3.85. The van der Waals surface area contributed by atoms with E-state index in [2.05, 4.69) is 10.3 Å². The molecule has 0 fully saturated rings. The first kappa shape index (κ1) is 12.7. The standard InChI is InChI=1S/C12H14FN3O2/c13-10-4-2-9(3-5-10)12-11(8-18)14-15-16(12)6-1-7-17/h2-5,17-18H,1,6-8H2. The van der Waals surface area contributed by atoms with Crippen LogP contribution in [0.15, 0.2) is 24.3 Å². The molecule has 5 nitrogen and oxygen atoms in total. The fourth-order valence-electron chi connectivity index (χ4n) is 1.76. The van der Waals surface area contributed by atoms with Gasteiger partial charge < -0.3 is 10.2 Å². The highest BCUT2D eigenvalue weighted by Crippen LogP contribution is 2.22. The smallest absolute Gasteiger partial charge is 0.123 e. The summed E-state index contributed by atoms with van der Waals surface area (Å²) in [7, 11) is 0. The summed E-state index contributed by atoms with van der Waals surface area (Å²) in [5.41, 5.74) is 1.84. The highest BCUT2D eigenvalue weighted by atomic mass is 19.1. The molecular weight excluding hydrogens is 237 g/mol. The van der Waals surface area contributed by atoms with Gasteiger partial charge >= 0.3 is 0 Å². The molecule has 2 aromatic rings. The second-order valence-corrected chi connectivity index (χ2v) is 3.85. The molecule has 1 aromatic carbocycles. The summed E-state index contributed by atoms with van der Waals surface area (Å²) >= 11 is 0. The van der Waals surface area contributed by atoms with Gasteiger partial charge in [0.25, 0.3) is 0 Å². The highest BCUT2D eigenvalue weighted by molar-refractivity contribution is 5.61. The van der Waals surface area contributed by atoms with Gasteiger partial charge in [-0.25, -0.2) is 9.07 Å². The summed E-state index contributed by atoms with van der Waals surface area (Å²) in [4.78, 5) is 0. The van der Waals surface area contributed by atoms with Crippen molar-refractivity contribution in [1.29, 1.82) is 0 Å². The summed E-state index contributed by atoms with van der Waals surface area (Å²) in [5, 5.41) is 25.9. The van der Waals surface area contributed by atoms with E-state index in [1.54, 1.807) is 16.8 Å². The Morgan fingerprint density at radius 1 is 1.17 bits per heavy atom. The van der Waals surface area contributed by atoms with Crippen molar-refractivity contribution in [2.45, 2.75) is 19.6 Å². The lowest BCUT2D eigenvalue weighted by Crippen LogP contribution is -2.05. The molecule has 0 saturated carbocycles. The normalized spacial score (nSPS) is 10.8. The van der Waals surface area contributed by atoms with E-state index in [-0.39, 0.29) is 19.0 Å². The maximum Gasteiger partial charge on any atom is 0.123 e. The van der Waals surface area contributed by atoms with E-state index in [0.29, 0.717) is 24.4 Å². The van der Waals surface area contributed by atoms with Gasteiger partial charge in [0.2, 0.25) is 0 Å². The van der Waals surface area contributed by atoms with Gasteiger partial charge in [0.05, 0.1) is 12.3 Å². The molecule has 0 spiro atoms. The molecule has 1 aromatic heterocycles. The Hall–Kier alpha value is -1.79. The number of benzene rings is 1. The third-order valence-electron chi connectivity index (χ3n) is 2.60. The van der Waals surface area contributed by atoms with Crippen molar-refractivity contribution >= 4 is 0 Å². The predicted octanol–water partition coefficient (Wildman–Crippen LogP) is 0.959. The van der Waals surface area contributed by atoms with E-state index >= 15 is 0 Å². The van der Waals surface area contributed by atoms with Gasteiger partial charge in [-0.1, -0.05) is 5.21 Å². The third-order valence-corrected chi connectivity index (χ3v) is 2.60. The summed E-state index contributed by atoms with van der Waals surface area (Å²) < 4.78 is 14.5. The summed E-state index contributed by atoms with van der Waals surface area (Å²) in [6.07, 6.45) is 0.544.